The Hall–Kier alpha value is -0.770. The summed E-state index contributed by atoms with van der Waals surface area (Å²) in [5, 5.41) is 13.3. The van der Waals surface area contributed by atoms with Gasteiger partial charge in [-0.15, -0.1) is 0 Å². The van der Waals surface area contributed by atoms with Gasteiger partial charge in [0.25, 0.3) is 0 Å². The molecule has 1 atom stereocenters. The topological polar surface area (TPSA) is 35.5 Å². The average Bonchev–Trinajstić information content (AvgIpc) is 2.79. The van der Waals surface area contributed by atoms with E-state index >= 15 is 0 Å². The summed E-state index contributed by atoms with van der Waals surface area (Å²) < 4.78 is 0. The van der Waals surface area contributed by atoms with Gasteiger partial charge in [-0.05, 0) is 37.6 Å². The van der Waals surface area contributed by atoms with E-state index in [9.17, 15) is 5.11 Å². The number of anilines is 1. The van der Waals surface area contributed by atoms with E-state index in [0.717, 1.165) is 36.6 Å². The van der Waals surface area contributed by atoms with Gasteiger partial charge in [-0.3, -0.25) is 0 Å². The second-order valence-electron chi connectivity index (χ2n) is 4.48. The van der Waals surface area contributed by atoms with Crippen LogP contribution in [0.5, 0.6) is 0 Å². The Morgan fingerprint density at radius 1 is 1.53 bits per heavy atom. The molecule has 1 aliphatic rings. The van der Waals surface area contributed by atoms with Crippen LogP contribution < -0.4 is 10.2 Å². The van der Waals surface area contributed by atoms with Crippen molar-refractivity contribution in [2.45, 2.75) is 25.4 Å². The molecule has 1 aliphatic heterocycles. The number of nitrogens with zero attached hydrogens (tertiary/aromatic N) is 1. The molecule has 3 nitrogen and oxygen atoms in total. The summed E-state index contributed by atoms with van der Waals surface area (Å²) in [5.41, 5.74) is 2.39. The molecular weight excluding hydrogens is 236 g/mol. The van der Waals surface area contributed by atoms with Gasteiger partial charge in [0.05, 0.1) is 12.6 Å². The molecule has 17 heavy (non-hydrogen) atoms. The van der Waals surface area contributed by atoms with E-state index in [1.54, 1.807) is 0 Å². The van der Waals surface area contributed by atoms with Gasteiger partial charge in [0.1, 0.15) is 0 Å². The molecule has 1 aromatic carbocycles. The van der Waals surface area contributed by atoms with Gasteiger partial charge in [0, 0.05) is 23.8 Å². The van der Waals surface area contributed by atoms with Crippen molar-refractivity contribution in [3.05, 3.63) is 28.8 Å². The van der Waals surface area contributed by atoms with Crippen molar-refractivity contribution in [3.63, 3.8) is 0 Å². The quantitative estimate of drug-likeness (QED) is 0.863. The van der Waals surface area contributed by atoms with Gasteiger partial charge in [-0.25, -0.2) is 0 Å². The van der Waals surface area contributed by atoms with Crippen LogP contribution in [0.2, 0.25) is 5.02 Å². The van der Waals surface area contributed by atoms with E-state index in [-0.39, 0.29) is 12.6 Å². The molecular formula is C13H19ClN2O. The molecule has 94 valence electrons. The lowest BCUT2D eigenvalue weighted by molar-refractivity contribution is 0.266. The van der Waals surface area contributed by atoms with Gasteiger partial charge in [0.15, 0.2) is 0 Å². The van der Waals surface area contributed by atoms with E-state index in [1.807, 2.05) is 19.2 Å². The Labute approximate surface area is 107 Å². The van der Waals surface area contributed by atoms with Crippen molar-refractivity contribution in [2.24, 2.45) is 0 Å². The van der Waals surface area contributed by atoms with Crippen LogP contribution in [0.3, 0.4) is 0 Å². The monoisotopic (exact) mass is 254 g/mol. The predicted molar refractivity (Wildman–Crippen MR) is 71.7 cm³/mol. The van der Waals surface area contributed by atoms with Crippen molar-refractivity contribution in [1.29, 1.82) is 0 Å². The highest BCUT2D eigenvalue weighted by Crippen LogP contribution is 2.31. The molecule has 0 radical (unpaired) electrons. The minimum absolute atomic E-state index is 0.214. The number of hydrogen-bond donors (Lipinski definition) is 2. The minimum atomic E-state index is 0.214. The van der Waals surface area contributed by atoms with Crippen molar-refractivity contribution in [3.8, 4) is 0 Å². The lowest BCUT2D eigenvalue weighted by atomic mass is 10.1. The van der Waals surface area contributed by atoms with Crippen LogP contribution in [0.25, 0.3) is 0 Å². The van der Waals surface area contributed by atoms with Crippen LogP contribution in [-0.4, -0.2) is 31.3 Å². The fourth-order valence-corrected chi connectivity index (χ4v) is 2.65. The van der Waals surface area contributed by atoms with E-state index in [1.165, 1.54) is 5.56 Å². The molecule has 2 rings (SSSR count). The number of aliphatic hydroxyl groups excluding tert-OH is 1. The van der Waals surface area contributed by atoms with Gasteiger partial charge >= 0.3 is 0 Å². The van der Waals surface area contributed by atoms with Gasteiger partial charge < -0.3 is 15.3 Å². The van der Waals surface area contributed by atoms with E-state index < -0.39 is 0 Å². The summed E-state index contributed by atoms with van der Waals surface area (Å²) in [6.07, 6.45) is 2.19. The normalized spacial score (nSPS) is 19.9. The Balaban J connectivity index is 2.31. The zero-order valence-corrected chi connectivity index (χ0v) is 10.9. The molecule has 0 aliphatic carbocycles. The first-order valence-electron chi connectivity index (χ1n) is 6.06. The summed E-state index contributed by atoms with van der Waals surface area (Å²) >= 11 is 6.08. The van der Waals surface area contributed by atoms with Gasteiger partial charge in [-0.1, -0.05) is 17.7 Å². The van der Waals surface area contributed by atoms with Crippen molar-refractivity contribution >= 4 is 17.3 Å². The van der Waals surface area contributed by atoms with Crippen molar-refractivity contribution in [2.75, 3.05) is 25.1 Å². The first-order chi connectivity index (χ1) is 8.26. The molecule has 0 spiro atoms. The van der Waals surface area contributed by atoms with Crippen molar-refractivity contribution in [1.82, 2.24) is 5.32 Å². The summed E-state index contributed by atoms with van der Waals surface area (Å²) in [5.74, 6) is 0. The Bertz CT molecular complexity index is 384. The van der Waals surface area contributed by atoms with Crippen LogP contribution in [0.1, 0.15) is 18.4 Å². The van der Waals surface area contributed by atoms with E-state index in [0.29, 0.717) is 0 Å². The number of benzene rings is 1. The number of halogens is 1. The van der Waals surface area contributed by atoms with Crippen LogP contribution in [0.15, 0.2) is 18.2 Å². The highest BCUT2D eigenvalue weighted by Gasteiger charge is 2.25. The Morgan fingerprint density at radius 2 is 2.35 bits per heavy atom. The summed E-state index contributed by atoms with van der Waals surface area (Å²) in [6, 6.07) is 6.22. The Kier molecular flexibility index (Phi) is 4.26. The molecule has 1 heterocycles. The van der Waals surface area contributed by atoms with E-state index in [4.69, 9.17) is 11.6 Å². The first kappa shape index (κ1) is 12.7. The molecule has 2 N–H and O–H groups in total. The number of rotatable bonds is 4. The second-order valence-corrected chi connectivity index (χ2v) is 4.91. The number of nitrogens with one attached hydrogen (secondary N) is 1. The molecule has 1 aromatic rings. The van der Waals surface area contributed by atoms with Crippen LogP contribution in [-0.2, 0) is 6.54 Å². The third-order valence-electron chi connectivity index (χ3n) is 3.31. The van der Waals surface area contributed by atoms with Gasteiger partial charge in [-0.2, -0.15) is 0 Å². The summed E-state index contributed by atoms with van der Waals surface area (Å²) in [4.78, 5) is 2.28. The maximum absolute atomic E-state index is 9.40. The summed E-state index contributed by atoms with van der Waals surface area (Å²) in [6.45, 7) is 2.04. The molecule has 0 bridgehead atoms. The third-order valence-corrected chi connectivity index (χ3v) is 3.55. The highest BCUT2D eigenvalue weighted by atomic mass is 35.5. The smallest absolute Gasteiger partial charge is 0.0635 e. The SMILES string of the molecule is CNCc1ccc(Cl)cc1N1CCCC1CO. The molecule has 1 saturated heterocycles. The molecule has 0 saturated carbocycles. The van der Waals surface area contributed by atoms with Crippen LogP contribution in [0.4, 0.5) is 5.69 Å². The second kappa shape index (κ2) is 5.71. The van der Waals surface area contributed by atoms with Crippen LogP contribution in [0, 0.1) is 0 Å². The van der Waals surface area contributed by atoms with Crippen LogP contribution >= 0.6 is 11.6 Å². The molecule has 1 fully saturated rings. The minimum Gasteiger partial charge on any atom is -0.394 e. The zero-order chi connectivity index (χ0) is 12.3. The first-order valence-corrected chi connectivity index (χ1v) is 6.44. The maximum atomic E-state index is 9.40. The lowest BCUT2D eigenvalue weighted by Crippen LogP contribution is -2.33. The molecule has 0 amide bonds. The van der Waals surface area contributed by atoms with Gasteiger partial charge in [0.2, 0.25) is 0 Å². The average molecular weight is 255 g/mol. The zero-order valence-electron chi connectivity index (χ0n) is 10.1. The fourth-order valence-electron chi connectivity index (χ4n) is 2.49. The standard InChI is InChI=1S/C13H19ClN2O/c1-15-8-10-4-5-11(14)7-13(10)16-6-2-3-12(16)9-17/h4-5,7,12,15,17H,2-3,6,8-9H2,1H3. The molecule has 0 aromatic heterocycles. The Morgan fingerprint density at radius 3 is 3.06 bits per heavy atom. The largest absolute Gasteiger partial charge is 0.394 e. The lowest BCUT2D eigenvalue weighted by Gasteiger charge is -2.28. The fraction of sp³-hybridized carbons (Fsp3) is 0.538. The van der Waals surface area contributed by atoms with E-state index in [2.05, 4.69) is 16.3 Å². The maximum Gasteiger partial charge on any atom is 0.0635 e. The summed E-state index contributed by atoms with van der Waals surface area (Å²) in [7, 11) is 1.94. The number of aliphatic hydroxyl groups is 1. The third kappa shape index (κ3) is 2.73. The molecule has 4 heteroatoms. The highest BCUT2D eigenvalue weighted by molar-refractivity contribution is 6.30. The predicted octanol–water partition coefficient (Wildman–Crippen LogP) is 2.02. The number of hydrogen-bond acceptors (Lipinski definition) is 3. The molecule has 1 unspecified atom stereocenters. The van der Waals surface area contributed by atoms with Crippen molar-refractivity contribution < 1.29 is 5.11 Å².